The van der Waals surface area contributed by atoms with Gasteiger partial charge in [0, 0.05) is 19.0 Å². The second-order valence-electron chi connectivity index (χ2n) is 4.15. The van der Waals surface area contributed by atoms with Gasteiger partial charge in [-0.2, -0.15) is 5.10 Å². The van der Waals surface area contributed by atoms with Gasteiger partial charge in [-0.15, -0.1) is 0 Å². The number of hydrogen-bond donors (Lipinski definition) is 1. The highest BCUT2D eigenvalue weighted by atomic mass is 19.1. The van der Waals surface area contributed by atoms with E-state index >= 15 is 0 Å². The molecule has 1 aromatic heterocycles. The molecule has 0 aliphatic rings. The van der Waals surface area contributed by atoms with Crippen LogP contribution in [0.25, 0.3) is 11.3 Å². The molecule has 0 saturated heterocycles. The predicted octanol–water partition coefficient (Wildman–Crippen LogP) is 2.04. The Morgan fingerprint density at radius 2 is 2.12 bits per heavy atom. The lowest BCUT2D eigenvalue weighted by Gasteiger charge is -2.03. The summed E-state index contributed by atoms with van der Waals surface area (Å²) in [4.78, 5) is 0. The van der Waals surface area contributed by atoms with Gasteiger partial charge in [-0.3, -0.25) is 4.68 Å². The fraction of sp³-hybridized carbons (Fsp3) is 0.308. The molecule has 4 heteroatoms. The topological polar surface area (TPSA) is 43.8 Å². The Kier molecular flexibility index (Phi) is 3.24. The number of benzene rings is 1. The number of halogens is 1. The van der Waals surface area contributed by atoms with Crippen LogP contribution in [0.5, 0.6) is 0 Å². The van der Waals surface area contributed by atoms with Crippen LogP contribution in [0.4, 0.5) is 4.39 Å². The third-order valence-corrected chi connectivity index (χ3v) is 2.78. The van der Waals surface area contributed by atoms with Crippen molar-refractivity contribution in [2.75, 3.05) is 6.54 Å². The molecule has 0 spiro atoms. The van der Waals surface area contributed by atoms with E-state index in [1.165, 1.54) is 6.07 Å². The van der Waals surface area contributed by atoms with Gasteiger partial charge < -0.3 is 5.73 Å². The van der Waals surface area contributed by atoms with E-state index in [9.17, 15) is 4.39 Å². The fourth-order valence-corrected chi connectivity index (χ4v) is 1.87. The molecular formula is C13H16FN3. The minimum atomic E-state index is -0.182. The third kappa shape index (κ3) is 2.36. The first-order valence-corrected chi connectivity index (χ1v) is 5.61. The van der Waals surface area contributed by atoms with E-state index in [1.54, 1.807) is 17.7 Å². The van der Waals surface area contributed by atoms with Gasteiger partial charge in [0.05, 0.1) is 11.4 Å². The van der Waals surface area contributed by atoms with Crippen LogP contribution in [0.3, 0.4) is 0 Å². The van der Waals surface area contributed by atoms with Crippen molar-refractivity contribution >= 4 is 0 Å². The first kappa shape index (κ1) is 11.8. The van der Waals surface area contributed by atoms with E-state index in [-0.39, 0.29) is 5.82 Å². The molecule has 1 aromatic carbocycles. The summed E-state index contributed by atoms with van der Waals surface area (Å²) in [6, 6.07) is 7.09. The van der Waals surface area contributed by atoms with Crippen LogP contribution in [-0.4, -0.2) is 16.3 Å². The molecule has 0 bridgehead atoms. The van der Waals surface area contributed by atoms with E-state index < -0.39 is 0 Å². The highest BCUT2D eigenvalue weighted by Gasteiger charge is 2.08. The maximum Gasteiger partial charge on any atom is 0.126 e. The smallest absolute Gasteiger partial charge is 0.126 e. The number of aryl methyl sites for hydroxylation is 2. The molecular weight excluding hydrogens is 217 g/mol. The standard InChI is InChI=1S/C13H16FN3/c1-9-7-10(3-4-12(9)14)13-8-11(5-6-15)16-17(13)2/h3-4,7-8H,5-6,15H2,1-2H3. The normalized spacial score (nSPS) is 10.8. The minimum absolute atomic E-state index is 0.182. The van der Waals surface area contributed by atoms with Crippen LogP contribution < -0.4 is 5.73 Å². The lowest BCUT2D eigenvalue weighted by molar-refractivity contribution is 0.618. The average Bonchev–Trinajstić information content (AvgIpc) is 2.64. The predicted molar refractivity (Wildman–Crippen MR) is 66.1 cm³/mol. The number of hydrogen-bond acceptors (Lipinski definition) is 2. The number of nitrogens with two attached hydrogens (primary N) is 1. The van der Waals surface area contributed by atoms with Gasteiger partial charge in [0.1, 0.15) is 5.82 Å². The summed E-state index contributed by atoms with van der Waals surface area (Å²) < 4.78 is 15.0. The average molecular weight is 233 g/mol. The Hall–Kier alpha value is -1.68. The molecule has 0 amide bonds. The highest BCUT2D eigenvalue weighted by Crippen LogP contribution is 2.22. The number of nitrogens with zero attached hydrogens (tertiary/aromatic N) is 2. The molecule has 90 valence electrons. The van der Waals surface area contributed by atoms with E-state index in [2.05, 4.69) is 5.10 Å². The molecule has 2 N–H and O–H groups in total. The Morgan fingerprint density at radius 3 is 2.76 bits per heavy atom. The van der Waals surface area contributed by atoms with Crippen LogP contribution >= 0.6 is 0 Å². The molecule has 3 nitrogen and oxygen atoms in total. The molecule has 0 radical (unpaired) electrons. The van der Waals surface area contributed by atoms with E-state index in [1.807, 2.05) is 19.2 Å². The Morgan fingerprint density at radius 1 is 1.35 bits per heavy atom. The van der Waals surface area contributed by atoms with Gasteiger partial charge in [0.25, 0.3) is 0 Å². The van der Waals surface area contributed by atoms with Crippen molar-refractivity contribution in [2.24, 2.45) is 12.8 Å². The monoisotopic (exact) mass is 233 g/mol. The fourth-order valence-electron chi connectivity index (χ4n) is 1.87. The van der Waals surface area contributed by atoms with Crippen LogP contribution in [0.1, 0.15) is 11.3 Å². The number of rotatable bonds is 3. The Labute approximate surface area is 100 Å². The third-order valence-electron chi connectivity index (χ3n) is 2.78. The first-order chi connectivity index (χ1) is 8.11. The lowest BCUT2D eigenvalue weighted by Crippen LogP contribution is -2.03. The lowest BCUT2D eigenvalue weighted by atomic mass is 10.1. The molecule has 0 atom stereocenters. The van der Waals surface area contributed by atoms with Crippen molar-refractivity contribution in [3.05, 3.63) is 41.3 Å². The van der Waals surface area contributed by atoms with E-state index in [0.29, 0.717) is 12.1 Å². The van der Waals surface area contributed by atoms with Crippen LogP contribution in [0.2, 0.25) is 0 Å². The van der Waals surface area contributed by atoms with Crippen LogP contribution in [0, 0.1) is 12.7 Å². The van der Waals surface area contributed by atoms with Gasteiger partial charge in [-0.1, -0.05) is 0 Å². The summed E-state index contributed by atoms with van der Waals surface area (Å²) in [5.41, 5.74) is 9.07. The van der Waals surface area contributed by atoms with Crippen molar-refractivity contribution in [2.45, 2.75) is 13.3 Å². The highest BCUT2D eigenvalue weighted by molar-refractivity contribution is 5.61. The second kappa shape index (κ2) is 4.67. The van der Waals surface area contributed by atoms with Gasteiger partial charge in [-0.05, 0) is 43.3 Å². The van der Waals surface area contributed by atoms with Gasteiger partial charge in [0.15, 0.2) is 0 Å². The molecule has 17 heavy (non-hydrogen) atoms. The van der Waals surface area contributed by atoms with E-state index in [4.69, 9.17) is 5.73 Å². The zero-order valence-electron chi connectivity index (χ0n) is 10.1. The van der Waals surface area contributed by atoms with Crippen molar-refractivity contribution in [1.82, 2.24) is 9.78 Å². The summed E-state index contributed by atoms with van der Waals surface area (Å²) in [5, 5.41) is 4.37. The van der Waals surface area contributed by atoms with Crippen LogP contribution in [0.15, 0.2) is 24.3 Å². The summed E-state index contributed by atoms with van der Waals surface area (Å²) in [6.07, 6.45) is 0.758. The minimum Gasteiger partial charge on any atom is -0.330 e. The van der Waals surface area contributed by atoms with Gasteiger partial charge in [0.2, 0.25) is 0 Å². The van der Waals surface area contributed by atoms with Crippen molar-refractivity contribution in [3.8, 4) is 11.3 Å². The van der Waals surface area contributed by atoms with Crippen molar-refractivity contribution < 1.29 is 4.39 Å². The number of aromatic nitrogens is 2. The summed E-state index contributed by atoms with van der Waals surface area (Å²) in [6.45, 7) is 2.34. The van der Waals surface area contributed by atoms with Crippen molar-refractivity contribution in [3.63, 3.8) is 0 Å². The maximum atomic E-state index is 13.2. The molecule has 2 rings (SSSR count). The molecule has 1 heterocycles. The van der Waals surface area contributed by atoms with E-state index in [0.717, 1.165) is 23.4 Å². The largest absolute Gasteiger partial charge is 0.330 e. The summed E-state index contributed by atoms with van der Waals surface area (Å²) in [7, 11) is 1.88. The molecule has 0 aliphatic heterocycles. The Balaban J connectivity index is 2.41. The molecule has 0 saturated carbocycles. The Bertz CT molecular complexity index is 531. The molecule has 0 fully saturated rings. The second-order valence-corrected chi connectivity index (χ2v) is 4.15. The molecule has 0 aliphatic carbocycles. The quantitative estimate of drug-likeness (QED) is 0.881. The van der Waals surface area contributed by atoms with Gasteiger partial charge in [-0.25, -0.2) is 4.39 Å². The zero-order valence-corrected chi connectivity index (χ0v) is 10.1. The maximum absolute atomic E-state index is 13.2. The van der Waals surface area contributed by atoms with Gasteiger partial charge >= 0.3 is 0 Å². The molecule has 0 unspecified atom stereocenters. The zero-order chi connectivity index (χ0) is 12.4. The first-order valence-electron chi connectivity index (χ1n) is 5.61. The summed E-state index contributed by atoms with van der Waals surface area (Å²) >= 11 is 0. The van der Waals surface area contributed by atoms with Crippen molar-refractivity contribution in [1.29, 1.82) is 0 Å². The molecule has 2 aromatic rings. The summed E-state index contributed by atoms with van der Waals surface area (Å²) in [5.74, 6) is -0.182. The SMILES string of the molecule is Cc1cc(-c2cc(CCN)nn2C)ccc1F. The van der Waals surface area contributed by atoms with Crippen LogP contribution in [-0.2, 0) is 13.5 Å².